The minimum atomic E-state index is -0.163. The third-order valence-corrected chi connectivity index (χ3v) is 3.67. The maximum atomic E-state index is 12.1. The summed E-state index contributed by atoms with van der Waals surface area (Å²) in [6, 6.07) is 3.95. The maximum absolute atomic E-state index is 12.1. The summed E-state index contributed by atoms with van der Waals surface area (Å²) < 4.78 is 0. The standard InChI is InChI=1S/C14H16ClN3O/c15-11-3-4-12(9-5-7-16-8-6-9)18-13(11)14(19)17-10-1-2-10/h3-5,10,16H,1-2,6-8H2,(H,17,19). The SMILES string of the molecule is O=C(NC1CC1)c1nc(C2=CCNCC2)ccc1Cl. The molecule has 0 aromatic carbocycles. The van der Waals surface area contributed by atoms with E-state index >= 15 is 0 Å². The minimum Gasteiger partial charge on any atom is -0.348 e. The van der Waals surface area contributed by atoms with E-state index in [2.05, 4.69) is 21.7 Å². The van der Waals surface area contributed by atoms with E-state index in [1.54, 1.807) is 6.07 Å². The van der Waals surface area contributed by atoms with Gasteiger partial charge in [-0.2, -0.15) is 0 Å². The summed E-state index contributed by atoms with van der Waals surface area (Å²) in [5.74, 6) is -0.163. The largest absolute Gasteiger partial charge is 0.348 e. The predicted octanol–water partition coefficient (Wildman–Crippen LogP) is 2.00. The molecule has 2 heterocycles. The molecule has 1 aromatic rings. The van der Waals surface area contributed by atoms with E-state index in [4.69, 9.17) is 11.6 Å². The van der Waals surface area contributed by atoms with E-state index in [1.807, 2.05) is 6.07 Å². The first-order valence-electron chi connectivity index (χ1n) is 6.61. The fraction of sp³-hybridized carbons (Fsp3) is 0.429. The van der Waals surface area contributed by atoms with Crippen LogP contribution in [-0.2, 0) is 0 Å². The first kappa shape index (κ1) is 12.6. The lowest BCUT2D eigenvalue weighted by molar-refractivity contribution is 0.0946. The van der Waals surface area contributed by atoms with E-state index in [0.29, 0.717) is 16.8 Å². The number of hydrogen-bond donors (Lipinski definition) is 2. The van der Waals surface area contributed by atoms with E-state index in [0.717, 1.165) is 38.0 Å². The second kappa shape index (κ2) is 5.31. The topological polar surface area (TPSA) is 54.0 Å². The molecular formula is C14H16ClN3O. The third-order valence-electron chi connectivity index (χ3n) is 3.37. The van der Waals surface area contributed by atoms with Gasteiger partial charge in [-0.25, -0.2) is 4.98 Å². The van der Waals surface area contributed by atoms with Gasteiger partial charge in [0.15, 0.2) is 0 Å². The lowest BCUT2D eigenvalue weighted by Gasteiger charge is -2.14. The van der Waals surface area contributed by atoms with Gasteiger partial charge in [-0.1, -0.05) is 17.7 Å². The molecule has 100 valence electrons. The molecule has 1 saturated carbocycles. The minimum absolute atomic E-state index is 0.163. The molecule has 1 aliphatic carbocycles. The summed E-state index contributed by atoms with van der Waals surface area (Å²) in [7, 11) is 0. The molecule has 1 fully saturated rings. The average Bonchev–Trinajstić information content (AvgIpc) is 3.24. The zero-order valence-electron chi connectivity index (χ0n) is 10.6. The number of carbonyl (C=O) groups is 1. The molecule has 0 bridgehead atoms. The highest BCUT2D eigenvalue weighted by molar-refractivity contribution is 6.33. The van der Waals surface area contributed by atoms with Crippen LogP contribution < -0.4 is 10.6 Å². The second-order valence-electron chi connectivity index (χ2n) is 4.96. The molecule has 0 unspecified atom stereocenters. The van der Waals surface area contributed by atoms with Gasteiger partial charge in [0, 0.05) is 12.6 Å². The zero-order chi connectivity index (χ0) is 13.2. The van der Waals surface area contributed by atoms with E-state index < -0.39 is 0 Å². The van der Waals surface area contributed by atoms with Crippen molar-refractivity contribution >= 4 is 23.1 Å². The molecule has 0 atom stereocenters. The second-order valence-corrected chi connectivity index (χ2v) is 5.37. The van der Waals surface area contributed by atoms with Crippen LogP contribution in [0.15, 0.2) is 18.2 Å². The lowest BCUT2D eigenvalue weighted by Crippen LogP contribution is -2.27. The number of hydrogen-bond acceptors (Lipinski definition) is 3. The number of amides is 1. The van der Waals surface area contributed by atoms with Gasteiger partial charge in [0.2, 0.25) is 0 Å². The van der Waals surface area contributed by atoms with Crippen LogP contribution in [0.2, 0.25) is 5.02 Å². The molecule has 2 aliphatic rings. The molecule has 1 aromatic heterocycles. The average molecular weight is 278 g/mol. The van der Waals surface area contributed by atoms with Gasteiger partial charge in [0.1, 0.15) is 5.69 Å². The smallest absolute Gasteiger partial charge is 0.271 e. The molecule has 1 amide bonds. The van der Waals surface area contributed by atoms with Crippen molar-refractivity contribution in [3.8, 4) is 0 Å². The Kier molecular flexibility index (Phi) is 3.53. The molecule has 1 aliphatic heterocycles. The number of nitrogens with one attached hydrogen (secondary N) is 2. The Labute approximate surface area is 117 Å². The Balaban J connectivity index is 1.86. The summed E-state index contributed by atoms with van der Waals surface area (Å²) in [4.78, 5) is 16.5. The molecule has 19 heavy (non-hydrogen) atoms. The van der Waals surface area contributed by atoms with E-state index in [-0.39, 0.29) is 5.91 Å². The van der Waals surface area contributed by atoms with Crippen LogP contribution in [0.3, 0.4) is 0 Å². The van der Waals surface area contributed by atoms with Gasteiger partial charge in [-0.3, -0.25) is 4.79 Å². The summed E-state index contributed by atoms with van der Waals surface area (Å²) in [5, 5.41) is 6.59. The van der Waals surface area contributed by atoms with Crippen LogP contribution in [0.4, 0.5) is 0 Å². The summed E-state index contributed by atoms with van der Waals surface area (Å²) in [6.45, 7) is 1.79. The number of carbonyl (C=O) groups excluding carboxylic acids is 1. The fourth-order valence-corrected chi connectivity index (χ4v) is 2.31. The molecular weight excluding hydrogens is 262 g/mol. The summed E-state index contributed by atoms with van der Waals surface area (Å²) in [5.41, 5.74) is 2.37. The van der Waals surface area contributed by atoms with Crippen molar-refractivity contribution in [3.05, 3.63) is 34.6 Å². The number of aromatic nitrogens is 1. The molecule has 3 rings (SSSR count). The van der Waals surface area contributed by atoms with Crippen molar-refractivity contribution in [2.75, 3.05) is 13.1 Å². The van der Waals surface area contributed by atoms with Crippen molar-refractivity contribution in [1.29, 1.82) is 0 Å². The predicted molar refractivity (Wildman–Crippen MR) is 75.2 cm³/mol. The highest BCUT2D eigenvalue weighted by Gasteiger charge is 2.25. The molecule has 5 heteroatoms. The van der Waals surface area contributed by atoms with Crippen molar-refractivity contribution in [1.82, 2.24) is 15.6 Å². The highest BCUT2D eigenvalue weighted by atomic mass is 35.5. The normalized spacial score (nSPS) is 18.9. The van der Waals surface area contributed by atoms with Crippen LogP contribution >= 0.6 is 11.6 Å². The van der Waals surface area contributed by atoms with Crippen LogP contribution in [-0.4, -0.2) is 30.0 Å². The Morgan fingerprint density at radius 2 is 2.26 bits per heavy atom. The molecule has 0 radical (unpaired) electrons. The maximum Gasteiger partial charge on any atom is 0.271 e. The Hall–Kier alpha value is -1.39. The van der Waals surface area contributed by atoms with E-state index in [9.17, 15) is 4.79 Å². The van der Waals surface area contributed by atoms with Gasteiger partial charge < -0.3 is 10.6 Å². The summed E-state index contributed by atoms with van der Waals surface area (Å²) in [6.07, 6.45) is 5.15. The van der Waals surface area contributed by atoms with Crippen LogP contribution in [0.5, 0.6) is 0 Å². The van der Waals surface area contributed by atoms with Crippen LogP contribution in [0.1, 0.15) is 35.4 Å². The van der Waals surface area contributed by atoms with Crippen molar-refractivity contribution < 1.29 is 4.79 Å². The summed E-state index contributed by atoms with van der Waals surface area (Å²) >= 11 is 6.08. The zero-order valence-corrected chi connectivity index (χ0v) is 11.3. The van der Waals surface area contributed by atoms with Crippen LogP contribution in [0.25, 0.3) is 5.57 Å². The number of rotatable bonds is 3. The van der Waals surface area contributed by atoms with Crippen molar-refractivity contribution in [2.24, 2.45) is 0 Å². The number of nitrogens with zero attached hydrogens (tertiary/aromatic N) is 1. The number of halogens is 1. The Morgan fingerprint density at radius 3 is 2.95 bits per heavy atom. The molecule has 0 spiro atoms. The molecule has 4 nitrogen and oxygen atoms in total. The molecule has 2 N–H and O–H groups in total. The molecule has 0 saturated heterocycles. The van der Waals surface area contributed by atoms with Gasteiger partial charge in [-0.15, -0.1) is 0 Å². The van der Waals surface area contributed by atoms with Crippen LogP contribution in [0, 0.1) is 0 Å². The van der Waals surface area contributed by atoms with Crippen molar-refractivity contribution in [2.45, 2.75) is 25.3 Å². The Bertz CT molecular complexity index is 537. The fourth-order valence-electron chi connectivity index (χ4n) is 2.12. The van der Waals surface area contributed by atoms with E-state index in [1.165, 1.54) is 5.57 Å². The number of pyridine rings is 1. The van der Waals surface area contributed by atoms with Gasteiger partial charge in [0.05, 0.1) is 10.7 Å². The van der Waals surface area contributed by atoms with Gasteiger partial charge >= 0.3 is 0 Å². The van der Waals surface area contributed by atoms with Crippen molar-refractivity contribution in [3.63, 3.8) is 0 Å². The highest BCUT2D eigenvalue weighted by Crippen LogP contribution is 2.24. The Morgan fingerprint density at radius 1 is 1.42 bits per heavy atom. The van der Waals surface area contributed by atoms with Gasteiger partial charge in [-0.05, 0) is 43.5 Å². The third kappa shape index (κ3) is 2.96. The monoisotopic (exact) mass is 277 g/mol. The van der Waals surface area contributed by atoms with Gasteiger partial charge in [0.25, 0.3) is 5.91 Å². The first-order valence-corrected chi connectivity index (χ1v) is 6.99. The quantitative estimate of drug-likeness (QED) is 0.889. The first-order chi connectivity index (χ1) is 9.24. The lowest BCUT2D eigenvalue weighted by atomic mass is 10.1.